The summed E-state index contributed by atoms with van der Waals surface area (Å²) in [5, 5.41) is 19.7. The van der Waals surface area contributed by atoms with Gasteiger partial charge in [0.15, 0.2) is 0 Å². The number of benzene rings is 2. The van der Waals surface area contributed by atoms with E-state index in [1.807, 2.05) is 42.5 Å². The topological polar surface area (TPSA) is 40.5 Å². The van der Waals surface area contributed by atoms with E-state index in [4.69, 9.17) is 0 Å². The summed E-state index contributed by atoms with van der Waals surface area (Å²) in [6.45, 7) is 6.20. The highest BCUT2D eigenvalue weighted by Gasteiger charge is 2.19. The Labute approximate surface area is 114 Å². The van der Waals surface area contributed by atoms with E-state index in [9.17, 15) is 10.2 Å². The van der Waals surface area contributed by atoms with Gasteiger partial charge >= 0.3 is 0 Å². The van der Waals surface area contributed by atoms with E-state index >= 15 is 0 Å². The van der Waals surface area contributed by atoms with Gasteiger partial charge in [-0.15, -0.1) is 0 Å². The summed E-state index contributed by atoms with van der Waals surface area (Å²) in [4.78, 5) is 0. The lowest BCUT2D eigenvalue weighted by Gasteiger charge is -2.22. The second-order valence-corrected chi connectivity index (χ2v) is 5.81. The van der Waals surface area contributed by atoms with Crippen molar-refractivity contribution in [3.63, 3.8) is 0 Å². The fourth-order valence-electron chi connectivity index (χ4n) is 2.09. The maximum Gasteiger partial charge on any atom is 0.128 e. The van der Waals surface area contributed by atoms with Crippen LogP contribution in [0.4, 0.5) is 0 Å². The van der Waals surface area contributed by atoms with Gasteiger partial charge in [-0.05, 0) is 28.7 Å². The van der Waals surface area contributed by atoms with Gasteiger partial charge in [0.2, 0.25) is 0 Å². The Bertz CT molecular complexity index is 566. The molecule has 0 aliphatic rings. The molecule has 2 rings (SSSR count). The minimum Gasteiger partial charge on any atom is -0.507 e. The van der Waals surface area contributed by atoms with Gasteiger partial charge in [0, 0.05) is 11.1 Å². The largest absolute Gasteiger partial charge is 0.507 e. The van der Waals surface area contributed by atoms with E-state index in [0.29, 0.717) is 5.56 Å². The molecule has 2 aromatic rings. The molecular weight excluding hydrogens is 236 g/mol. The number of hydrogen-bond donors (Lipinski definition) is 2. The third-order valence-corrected chi connectivity index (χ3v) is 3.31. The Morgan fingerprint density at radius 2 is 1.63 bits per heavy atom. The van der Waals surface area contributed by atoms with Gasteiger partial charge in [-0.3, -0.25) is 0 Å². The second kappa shape index (κ2) is 5.06. The number of aliphatic hydroxyl groups is 1. The minimum absolute atomic E-state index is 0.0266. The second-order valence-electron chi connectivity index (χ2n) is 5.81. The number of aromatic hydroxyl groups is 1. The van der Waals surface area contributed by atoms with Crippen LogP contribution in [-0.4, -0.2) is 10.2 Å². The lowest BCUT2D eigenvalue weighted by atomic mass is 9.84. The molecule has 0 aliphatic heterocycles. The van der Waals surface area contributed by atoms with Gasteiger partial charge in [0.25, 0.3) is 0 Å². The summed E-state index contributed by atoms with van der Waals surface area (Å²) in [6.07, 6.45) is 0. The number of rotatable bonds is 2. The zero-order valence-electron chi connectivity index (χ0n) is 11.6. The van der Waals surface area contributed by atoms with Crippen LogP contribution in [0.5, 0.6) is 5.75 Å². The van der Waals surface area contributed by atoms with Crippen LogP contribution in [0.2, 0.25) is 0 Å². The monoisotopic (exact) mass is 256 g/mol. The first kappa shape index (κ1) is 13.6. The van der Waals surface area contributed by atoms with Crippen LogP contribution in [0, 0.1) is 0 Å². The third-order valence-electron chi connectivity index (χ3n) is 3.31. The average Bonchev–Trinajstić information content (AvgIpc) is 2.38. The van der Waals surface area contributed by atoms with Crippen molar-refractivity contribution < 1.29 is 10.2 Å². The molecular formula is C17H20O2. The Hall–Kier alpha value is -1.80. The summed E-state index contributed by atoms with van der Waals surface area (Å²) < 4.78 is 0. The summed E-state index contributed by atoms with van der Waals surface area (Å²) in [7, 11) is 0. The van der Waals surface area contributed by atoms with Crippen LogP contribution in [0.25, 0.3) is 11.1 Å². The molecule has 2 nitrogen and oxygen atoms in total. The first-order valence-electron chi connectivity index (χ1n) is 6.46. The molecule has 2 aromatic carbocycles. The maximum absolute atomic E-state index is 10.3. The highest BCUT2D eigenvalue weighted by molar-refractivity contribution is 5.73. The summed E-state index contributed by atoms with van der Waals surface area (Å²) in [5.41, 5.74) is 3.39. The van der Waals surface area contributed by atoms with E-state index in [2.05, 4.69) is 20.8 Å². The van der Waals surface area contributed by atoms with Crippen molar-refractivity contribution in [2.45, 2.75) is 32.8 Å². The molecule has 0 fully saturated rings. The standard InChI is InChI=1S/C17H20O2/c1-17(2,3)14-9-13(11-18)16(19)15(10-14)12-7-5-4-6-8-12/h4-10,18-19H,11H2,1-3H3. The molecule has 0 aromatic heterocycles. The lowest BCUT2D eigenvalue weighted by molar-refractivity contribution is 0.275. The van der Waals surface area contributed by atoms with Gasteiger partial charge in [0.05, 0.1) is 6.61 Å². The van der Waals surface area contributed by atoms with E-state index in [0.717, 1.165) is 16.7 Å². The van der Waals surface area contributed by atoms with E-state index in [1.54, 1.807) is 0 Å². The number of phenols is 1. The molecule has 0 atom stereocenters. The molecule has 2 heteroatoms. The van der Waals surface area contributed by atoms with Crippen molar-refractivity contribution in [2.24, 2.45) is 0 Å². The van der Waals surface area contributed by atoms with Crippen molar-refractivity contribution in [1.82, 2.24) is 0 Å². The van der Waals surface area contributed by atoms with Crippen LogP contribution in [0.15, 0.2) is 42.5 Å². The molecule has 0 radical (unpaired) electrons. The van der Waals surface area contributed by atoms with Crippen LogP contribution >= 0.6 is 0 Å². The quantitative estimate of drug-likeness (QED) is 0.856. The maximum atomic E-state index is 10.3. The highest BCUT2D eigenvalue weighted by Crippen LogP contribution is 2.37. The van der Waals surface area contributed by atoms with Crippen molar-refractivity contribution in [1.29, 1.82) is 0 Å². The van der Waals surface area contributed by atoms with Gasteiger partial charge in [0.1, 0.15) is 5.75 Å². The smallest absolute Gasteiger partial charge is 0.128 e. The minimum atomic E-state index is -0.157. The van der Waals surface area contributed by atoms with Gasteiger partial charge < -0.3 is 10.2 Å². The predicted molar refractivity (Wildman–Crippen MR) is 78.2 cm³/mol. The summed E-state index contributed by atoms with van der Waals surface area (Å²) in [5.74, 6) is 0.168. The van der Waals surface area contributed by atoms with E-state index in [-0.39, 0.29) is 17.8 Å². The summed E-state index contributed by atoms with van der Waals surface area (Å²) >= 11 is 0. The molecule has 2 N–H and O–H groups in total. The third kappa shape index (κ3) is 2.79. The van der Waals surface area contributed by atoms with Crippen molar-refractivity contribution in [2.75, 3.05) is 0 Å². The molecule has 0 bridgehead atoms. The Balaban J connectivity index is 2.66. The Kier molecular flexibility index (Phi) is 3.63. The van der Waals surface area contributed by atoms with Crippen molar-refractivity contribution >= 4 is 0 Å². The SMILES string of the molecule is CC(C)(C)c1cc(CO)c(O)c(-c2ccccc2)c1. The average molecular weight is 256 g/mol. The van der Waals surface area contributed by atoms with Crippen molar-refractivity contribution in [3.05, 3.63) is 53.6 Å². The highest BCUT2D eigenvalue weighted by atomic mass is 16.3. The van der Waals surface area contributed by atoms with E-state index in [1.165, 1.54) is 0 Å². The van der Waals surface area contributed by atoms with Crippen molar-refractivity contribution in [3.8, 4) is 16.9 Å². The molecule has 19 heavy (non-hydrogen) atoms. The zero-order valence-corrected chi connectivity index (χ0v) is 11.6. The molecule has 0 heterocycles. The fraction of sp³-hybridized carbons (Fsp3) is 0.294. The number of hydrogen-bond acceptors (Lipinski definition) is 2. The fourth-order valence-corrected chi connectivity index (χ4v) is 2.09. The molecule has 0 amide bonds. The van der Waals surface area contributed by atoms with E-state index < -0.39 is 0 Å². The lowest BCUT2D eigenvalue weighted by Crippen LogP contribution is -2.12. The van der Waals surface area contributed by atoms with Crippen LogP contribution in [-0.2, 0) is 12.0 Å². The van der Waals surface area contributed by atoms with Crippen LogP contribution < -0.4 is 0 Å². The molecule has 0 unspecified atom stereocenters. The first-order chi connectivity index (χ1) is 8.93. The Morgan fingerprint density at radius 1 is 1.00 bits per heavy atom. The van der Waals surface area contributed by atoms with Crippen LogP contribution in [0.3, 0.4) is 0 Å². The molecule has 0 spiro atoms. The molecule has 0 aliphatic carbocycles. The molecule has 0 saturated carbocycles. The predicted octanol–water partition coefficient (Wildman–Crippen LogP) is 3.85. The van der Waals surface area contributed by atoms with Crippen LogP contribution in [0.1, 0.15) is 31.9 Å². The number of aliphatic hydroxyl groups excluding tert-OH is 1. The van der Waals surface area contributed by atoms with Gasteiger partial charge in [-0.2, -0.15) is 0 Å². The summed E-state index contributed by atoms with van der Waals surface area (Å²) in [6, 6.07) is 13.6. The molecule has 0 saturated heterocycles. The van der Waals surface area contributed by atoms with Gasteiger partial charge in [-0.1, -0.05) is 51.1 Å². The normalized spacial score (nSPS) is 11.6. The molecule has 100 valence electrons. The Morgan fingerprint density at radius 3 is 2.16 bits per heavy atom. The zero-order chi connectivity index (χ0) is 14.0. The first-order valence-corrected chi connectivity index (χ1v) is 6.46. The van der Waals surface area contributed by atoms with Gasteiger partial charge in [-0.25, -0.2) is 0 Å².